The molecule has 0 aromatic rings. The van der Waals surface area contributed by atoms with Crippen LogP contribution in [0.5, 0.6) is 0 Å². The van der Waals surface area contributed by atoms with Crippen molar-refractivity contribution in [3.63, 3.8) is 0 Å². The molecule has 12 heteroatoms. The van der Waals surface area contributed by atoms with Crippen LogP contribution >= 0.6 is 0 Å². The molecule has 1 rings (SSSR count). The number of halogens is 3. The molecule has 2 unspecified atom stereocenters. The fraction of sp³-hybridized carbons (Fsp3) is 0.923. The number of hydrogen-bond donors (Lipinski definition) is 8. The normalized spacial score (nSPS) is 30.2. The minimum atomic E-state index is -5.08. The fourth-order valence-electron chi connectivity index (χ4n) is 2.01. The molecule has 9 nitrogen and oxygen atoms in total. The Morgan fingerprint density at radius 3 is 1.76 bits per heavy atom. The molecule has 1 aliphatic rings. The summed E-state index contributed by atoms with van der Waals surface area (Å²) < 4.78 is 31.7. The third kappa shape index (κ3) is 8.76. The van der Waals surface area contributed by atoms with Crippen molar-refractivity contribution in [1.82, 2.24) is 16.0 Å². The lowest BCUT2D eigenvalue weighted by molar-refractivity contribution is -0.192. The zero-order valence-electron chi connectivity index (χ0n) is 13.7. The largest absolute Gasteiger partial charge is 0.490 e. The topological polar surface area (TPSA) is 154 Å². The quantitative estimate of drug-likeness (QED) is 0.244. The number of rotatable bonds is 6. The predicted octanol–water partition coefficient (Wildman–Crippen LogP) is -2.07. The van der Waals surface area contributed by atoms with Crippen molar-refractivity contribution in [1.29, 1.82) is 0 Å². The third-order valence-electron chi connectivity index (χ3n) is 3.45. The Bertz CT molecular complexity index is 371. The van der Waals surface area contributed by atoms with Gasteiger partial charge in [-0.25, -0.2) is 4.79 Å². The number of carbonyl (C=O) groups is 1. The average Bonchev–Trinajstić information content (AvgIpc) is 2.65. The van der Waals surface area contributed by atoms with Gasteiger partial charge < -0.3 is 25.5 Å². The van der Waals surface area contributed by atoms with Crippen LogP contribution in [-0.4, -0.2) is 88.0 Å². The highest BCUT2D eigenvalue weighted by Gasteiger charge is 2.38. The Kier molecular flexibility index (Phi) is 11.1. The third-order valence-corrected chi connectivity index (χ3v) is 3.45. The van der Waals surface area contributed by atoms with Crippen molar-refractivity contribution in [3.05, 3.63) is 0 Å². The van der Waals surface area contributed by atoms with Gasteiger partial charge >= 0.3 is 12.1 Å². The van der Waals surface area contributed by atoms with E-state index in [4.69, 9.17) is 9.90 Å². The maximum absolute atomic E-state index is 10.6. The van der Waals surface area contributed by atoms with Crippen molar-refractivity contribution in [2.45, 2.75) is 56.5 Å². The number of unbranched alkanes of at least 4 members (excludes halogenated alkanes) is 1. The molecule has 5 atom stereocenters. The summed E-state index contributed by atoms with van der Waals surface area (Å²) in [6.45, 7) is 2.27. The molecule has 0 bridgehead atoms. The Morgan fingerprint density at radius 2 is 1.48 bits per heavy atom. The number of aliphatic carboxylic acids is 1. The number of nitrogens with one attached hydrogen (secondary N) is 3. The standard InChI is InChI=1S/C11H25N3O4.C2HF3O2/c1-2-3-4-12-11-13-7(5-15)9(17)10(18)8(6-16)14-11;3-2(4,5)1(6)7/h7-18H,2-6H2,1H3;(H,6,7)/t7-,8+,9+,10?,11?;/m1./s1. The van der Waals surface area contributed by atoms with E-state index >= 15 is 0 Å². The smallest absolute Gasteiger partial charge is 0.475 e. The lowest BCUT2D eigenvalue weighted by Gasteiger charge is -2.25. The molecule has 0 aromatic heterocycles. The minimum Gasteiger partial charge on any atom is -0.475 e. The number of hydrogen-bond acceptors (Lipinski definition) is 8. The van der Waals surface area contributed by atoms with Crippen molar-refractivity contribution < 1.29 is 43.5 Å². The summed E-state index contributed by atoms with van der Waals surface area (Å²) in [5, 5.41) is 54.4. The highest BCUT2D eigenvalue weighted by molar-refractivity contribution is 5.73. The second-order valence-corrected chi connectivity index (χ2v) is 5.44. The van der Waals surface area contributed by atoms with E-state index in [9.17, 15) is 33.6 Å². The fourth-order valence-corrected chi connectivity index (χ4v) is 2.01. The molecular formula is C13H26F3N3O6. The molecule has 0 amide bonds. The van der Waals surface area contributed by atoms with Gasteiger partial charge in [-0.3, -0.25) is 16.0 Å². The maximum atomic E-state index is 10.6. The number of carboxylic acid groups (broad SMARTS) is 1. The molecule has 8 N–H and O–H groups in total. The summed E-state index contributed by atoms with van der Waals surface area (Å²) in [6.07, 6.45) is -5.65. The molecule has 1 fully saturated rings. The van der Waals surface area contributed by atoms with E-state index in [1.807, 2.05) is 0 Å². The van der Waals surface area contributed by atoms with Crippen LogP contribution in [0.1, 0.15) is 19.8 Å². The molecule has 150 valence electrons. The summed E-state index contributed by atoms with van der Waals surface area (Å²) in [7, 11) is 0. The van der Waals surface area contributed by atoms with Gasteiger partial charge in [0, 0.05) is 0 Å². The van der Waals surface area contributed by atoms with E-state index in [1.54, 1.807) is 0 Å². The van der Waals surface area contributed by atoms with Crippen LogP contribution in [0.15, 0.2) is 0 Å². The molecule has 0 saturated carbocycles. The highest BCUT2D eigenvalue weighted by atomic mass is 19.4. The molecule has 1 aliphatic heterocycles. The first-order chi connectivity index (χ1) is 11.6. The van der Waals surface area contributed by atoms with Gasteiger partial charge in [-0.05, 0) is 13.0 Å². The van der Waals surface area contributed by atoms with Gasteiger partial charge in [0.15, 0.2) is 0 Å². The average molecular weight is 377 g/mol. The van der Waals surface area contributed by atoms with Crippen molar-refractivity contribution in [3.8, 4) is 0 Å². The first kappa shape index (κ1) is 24.0. The van der Waals surface area contributed by atoms with Crippen LogP contribution in [-0.2, 0) is 4.79 Å². The van der Waals surface area contributed by atoms with Gasteiger partial charge in [-0.15, -0.1) is 0 Å². The zero-order valence-corrected chi connectivity index (χ0v) is 13.7. The summed E-state index contributed by atoms with van der Waals surface area (Å²) in [5.41, 5.74) is 0. The summed E-state index contributed by atoms with van der Waals surface area (Å²) in [6, 6.07) is -1.27. The maximum Gasteiger partial charge on any atom is 0.490 e. The van der Waals surface area contributed by atoms with E-state index in [0.717, 1.165) is 19.4 Å². The number of alkyl halides is 3. The van der Waals surface area contributed by atoms with Crippen molar-refractivity contribution in [2.24, 2.45) is 0 Å². The van der Waals surface area contributed by atoms with Gasteiger partial charge in [-0.2, -0.15) is 13.2 Å². The van der Waals surface area contributed by atoms with Gasteiger partial charge in [-0.1, -0.05) is 13.3 Å². The Morgan fingerprint density at radius 1 is 1.08 bits per heavy atom. The summed E-state index contributed by atoms with van der Waals surface area (Å²) in [4.78, 5) is 8.90. The molecule has 1 heterocycles. The Hall–Kier alpha value is -1.02. The van der Waals surface area contributed by atoms with Gasteiger partial charge in [0.25, 0.3) is 0 Å². The SMILES string of the molecule is CCCCNC1N[C@@H](CO)C(O)[C@@H](O)[C@@H](CO)N1.O=C(O)C(F)(F)F. The lowest BCUT2D eigenvalue weighted by Crippen LogP contribution is -2.58. The second-order valence-electron chi connectivity index (χ2n) is 5.44. The van der Waals surface area contributed by atoms with Crippen LogP contribution in [0, 0.1) is 0 Å². The first-order valence-electron chi connectivity index (χ1n) is 7.71. The molecule has 0 radical (unpaired) electrons. The Balaban J connectivity index is 0.000000697. The summed E-state index contributed by atoms with van der Waals surface area (Å²) >= 11 is 0. The van der Waals surface area contributed by atoms with E-state index in [-0.39, 0.29) is 19.5 Å². The molecule has 25 heavy (non-hydrogen) atoms. The molecule has 0 spiro atoms. The van der Waals surface area contributed by atoms with Gasteiger partial charge in [0.05, 0.1) is 37.5 Å². The van der Waals surface area contributed by atoms with Crippen molar-refractivity contribution >= 4 is 5.97 Å². The van der Waals surface area contributed by atoms with E-state index in [1.165, 1.54) is 0 Å². The lowest BCUT2D eigenvalue weighted by atomic mass is 10.0. The Labute approximate surface area is 142 Å². The number of aliphatic hydroxyl groups excluding tert-OH is 4. The summed E-state index contributed by atoms with van der Waals surface area (Å²) in [5.74, 6) is -2.76. The van der Waals surface area contributed by atoms with E-state index in [0.29, 0.717) is 0 Å². The van der Waals surface area contributed by atoms with E-state index in [2.05, 4.69) is 22.9 Å². The van der Waals surface area contributed by atoms with E-state index < -0.39 is 36.4 Å². The highest BCUT2D eigenvalue weighted by Crippen LogP contribution is 2.13. The van der Waals surface area contributed by atoms with Crippen LogP contribution in [0.4, 0.5) is 13.2 Å². The molecule has 1 saturated heterocycles. The van der Waals surface area contributed by atoms with Gasteiger partial charge in [0.2, 0.25) is 0 Å². The van der Waals surface area contributed by atoms with Gasteiger partial charge in [0.1, 0.15) is 6.29 Å². The van der Waals surface area contributed by atoms with Crippen LogP contribution in [0.25, 0.3) is 0 Å². The molecule has 0 aliphatic carbocycles. The first-order valence-corrected chi connectivity index (χ1v) is 7.71. The predicted molar refractivity (Wildman–Crippen MR) is 80.4 cm³/mol. The van der Waals surface area contributed by atoms with Crippen LogP contribution in [0.3, 0.4) is 0 Å². The van der Waals surface area contributed by atoms with Crippen molar-refractivity contribution in [2.75, 3.05) is 19.8 Å². The van der Waals surface area contributed by atoms with Crippen LogP contribution < -0.4 is 16.0 Å². The molecule has 0 aromatic carbocycles. The number of aliphatic hydroxyl groups is 4. The zero-order chi connectivity index (χ0) is 19.6. The monoisotopic (exact) mass is 377 g/mol. The molecular weight excluding hydrogens is 351 g/mol. The van der Waals surface area contributed by atoms with Crippen LogP contribution in [0.2, 0.25) is 0 Å². The minimum absolute atomic E-state index is 0.288. The second kappa shape index (κ2) is 11.6. The number of carboxylic acids is 1.